The van der Waals surface area contributed by atoms with Crippen molar-refractivity contribution in [1.29, 1.82) is 0 Å². The van der Waals surface area contributed by atoms with Gasteiger partial charge in [-0.05, 0) is 51.1 Å². The number of anilines is 2. The number of para-hydroxylation sites is 1. The van der Waals surface area contributed by atoms with Crippen molar-refractivity contribution < 1.29 is 19.1 Å². The third kappa shape index (κ3) is 5.81. The minimum absolute atomic E-state index is 0.154. The summed E-state index contributed by atoms with van der Waals surface area (Å²) in [4.78, 5) is 28.8. The Bertz CT molecular complexity index is 1550. The minimum Gasteiger partial charge on any atom is -0.497 e. The van der Waals surface area contributed by atoms with E-state index < -0.39 is 5.54 Å². The summed E-state index contributed by atoms with van der Waals surface area (Å²) < 4.78 is 13.3. The molecule has 0 radical (unpaired) electrons. The molecule has 1 atom stereocenters. The molecule has 0 fully saturated rings. The summed E-state index contributed by atoms with van der Waals surface area (Å²) in [5, 5.41) is 7.73. The lowest BCUT2D eigenvalue weighted by molar-refractivity contribution is -0.120. The maximum absolute atomic E-state index is 13.9. The Morgan fingerprint density at radius 2 is 1.68 bits per heavy atom. The molecule has 1 aliphatic rings. The fraction of sp³-hybridized carbons (Fsp3) is 0.281. The fourth-order valence-electron chi connectivity index (χ4n) is 4.95. The van der Waals surface area contributed by atoms with Crippen LogP contribution in [0.1, 0.15) is 37.1 Å². The molecule has 2 heterocycles. The number of benzene rings is 3. The van der Waals surface area contributed by atoms with E-state index in [0.29, 0.717) is 23.0 Å². The highest BCUT2D eigenvalue weighted by Crippen LogP contribution is 2.51. The van der Waals surface area contributed by atoms with Crippen LogP contribution in [0.2, 0.25) is 0 Å². The lowest BCUT2D eigenvalue weighted by atomic mass is 9.98. The quantitative estimate of drug-likeness (QED) is 0.288. The number of carbonyl (C=O) groups is 2. The summed E-state index contributed by atoms with van der Waals surface area (Å²) in [7, 11) is 3.26. The number of methoxy groups -OCH3 is 2. The molecular formula is C32H34N4O4S. The van der Waals surface area contributed by atoms with Gasteiger partial charge in [0.1, 0.15) is 23.9 Å². The molecule has 5 rings (SSSR count). The molecule has 3 aromatic carbocycles. The van der Waals surface area contributed by atoms with Gasteiger partial charge in [-0.2, -0.15) is 5.10 Å². The van der Waals surface area contributed by atoms with E-state index in [0.717, 1.165) is 22.4 Å². The number of ether oxygens (including phenoxy) is 2. The topological polar surface area (TPSA) is 85.7 Å². The summed E-state index contributed by atoms with van der Waals surface area (Å²) in [6.45, 7) is 5.97. The Morgan fingerprint density at radius 3 is 2.32 bits per heavy atom. The molecule has 0 saturated carbocycles. The molecule has 2 amide bonds. The van der Waals surface area contributed by atoms with Gasteiger partial charge in [0.05, 0.1) is 36.5 Å². The molecule has 41 heavy (non-hydrogen) atoms. The highest BCUT2D eigenvalue weighted by Gasteiger charge is 2.40. The van der Waals surface area contributed by atoms with E-state index in [-0.39, 0.29) is 29.4 Å². The average Bonchev–Trinajstić information content (AvgIpc) is 3.31. The van der Waals surface area contributed by atoms with Gasteiger partial charge in [-0.3, -0.25) is 14.5 Å². The average molecular weight is 571 g/mol. The third-order valence-electron chi connectivity index (χ3n) is 6.85. The SMILES string of the molecule is COc1ccc(OC)c([C@@H]2SCC(=O)N(CC(=O)Nc3ccccc3)c3c2c(-c2ccccc2)nn3C(C)(C)C)c1. The van der Waals surface area contributed by atoms with Crippen LogP contribution < -0.4 is 19.7 Å². The largest absolute Gasteiger partial charge is 0.497 e. The molecule has 0 saturated heterocycles. The summed E-state index contributed by atoms with van der Waals surface area (Å²) in [6.07, 6.45) is 0. The second kappa shape index (κ2) is 11.7. The third-order valence-corrected chi connectivity index (χ3v) is 8.09. The standard InChI is InChI=1S/C32H34N4O4S/c1-32(2,3)36-31-28(29(34-36)21-12-8-6-9-13-21)30(24-18-23(39-4)16-17-25(24)40-5)41-20-27(38)35(31)19-26(37)33-22-14-10-7-11-15-22/h6-18,30H,19-20H2,1-5H3,(H,33,37)/t30-/m0/s1. The number of carbonyl (C=O) groups excluding carboxylic acids is 2. The monoisotopic (exact) mass is 570 g/mol. The Kier molecular flexibility index (Phi) is 8.08. The van der Waals surface area contributed by atoms with E-state index >= 15 is 0 Å². The van der Waals surface area contributed by atoms with Gasteiger partial charge < -0.3 is 14.8 Å². The van der Waals surface area contributed by atoms with E-state index in [1.807, 2.05) is 104 Å². The first-order chi connectivity index (χ1) is 19.7. The van der Waals surface area contributed by atoms with Crippen LogP contribution in [0.5, 0.6) is 11.5 Å². The number of fused-ring (bicyclic) bond motifs is 1. The van der Waals surface area contributed by atoms with Gasteiger partial charge in [0.15, 0.2) is 0 Å². The molecule has 8 nitrogen and oxygen atoms in total. The first-order valence-electron chi connectivity index (χ1n) is 13.4. The smallest absolute Gasteiger partial charge is 0.244 e. The molecule has 0 unspecified atom stereocenters. The predicted octanol–water partition coefficient (Wildman–Crippen LogP) is 6.13. The first kappa shape index (κ1) is 28.3. The van der Waals surface area contributed by atoms with E-state index in [2.05, 4.69) is 5.32 Å². The van der Waals surface area contributed by atoms with Crippen LogP contribution in [0, 0.1) is 0 Å². The maximum Gasteiger partial charge on any atom is 0.244 e. The van der Waals surface area contributed by atoms with Crippen LogP contribution in [0.15, 0.2) is 78.9 Å². The molecular weight excluding hydrogens is 536 g/mol. The fourth-order valence-corrected chi connectivity index (χ4v) is 6.16. The Hall–Kier alpha value is -4.24. The second-order valence-corrected chi connectivity index (χ2v) is 11.8. The van der Waals surface area contributed by atoms with Gasteiger partial charge in [0.25, 0.3) is 0 Å². The van der Waals surface area contributed by atoms with E-state index in [1.165, 1.54) is 11.8 Å². The first-order valence-corrected chi connectivity index (χ1v) is 14.4. The van der Waals surface area contributed by atoms with Crippen molar-refractivity contribution in [2.24, 2.45) is 0 Å². The number of hydrogen-bond donors (Lipinski definition) is 1. The molecule has 1 aliphatic heterocycles. The van der Waals surface area contributed by atoms with Crippen molar-refractivity contribution in [1.82, 2.24) is 9.78 Å². The van der Waals surface area contributed by atoms with Crippen LogP contribution in [0.4, 0.5) is 11.5 Å². The highest BCUT2D eigenvalue weighted by molar-refractivity contribution is 8.00. The van der Waals surface area contributed by atoms with Crippen molar-refractivity contribution in [3.63, 3.8) is 0 Å². The summed E-state index contributed by atoms with van der Waals surface area (Å²) >= 11 is 1.49. The zero-order chi connectivity index (χ0) is 29.1. The highest BCUT2D eigenvalue weighted by atomic mass is 32.2. The summed E-state index contributed by atoms with van der Waals surface area (Å²) in [5.74, 6) is 1.66. The van der Waals surface area contributed by atoms with Crippen LogP contribution >= 0.6 is 11.8 Å². The van der Waals surface area contributed by atoms with Crippen LogP contribution in [0.3, 0.4) is 0 Å². The van der Waals surface area contributed by atoms with Crippen molar-refractivity contribution in [3.05, 3.63) is 90.0 Å². The summed E-state index contributed by atoms with van der Waals surface area (Å²) in [6, 6.07) is 24.9. The molecule has 1 N–H and O–H groups in total. The van der Waals surface area contributed by atoms with Gasteiger partial charge in [-0.25, -0.2) is 4.68 Å². The van der Waals surface area contributed by atoms with Crippen molar-refractivity contribution in [2.45, 2.75) is 31.6 Å². The van der Waals surface area contributed by atoms with E-state index in [1.54, 1.807) is 19.1 Å². The number of rotatable bonds is 7. The van der Waals surface area contributed by atoms with Gasteiger partial charge in [0.2, 0.25) is 11.8 Å². The number of hydrogen-bond acceptors (Lipinski definition) is 6. The predicted molar refractivity (Wildman–Crippen MR) is 164 cm³/mol. The molecule has 4 aromatic rings. The molecule has 0 bridgehead atoms. The minimum atomic E-state index is -0.496. The molecule has 0 aliphatic carbocycles. The van der Waals surface area contributed by atoms with Crippen LogP contribution in [-0.2, 0) is 15.1 Å². The molecule has 9 heteroatoms. The van der Waals surface area contributed by atoms with Crippen molar-refractivity contribution >= 4 is 35.1 Å². The van der Waals surface area contributed by atoms with Gasteiger partial charge in [-0.1, -0.05) is 48.5 Å². The van der Waals surface area contributed by atoms with Crippen molar-refractivity contribution in [2.75, 3.05) is 36.7 Å². The Morgan fingerprint density at radius 1 is 1.00 bits per heavy atom. The van der Waals surface area contributed by atoms with E-state index in [4.69, 9.17) is 14.6 Å². The maximum atomic E-state index is 13.9. The number of amides is 2. The zero-order valence-electron chi connectivity index (χ0n) is 23.9. The van der Waals surface area contributed by atoms with E-state index in [9.17, 15) is 9.59 Å². The number of thioether (sulfide) groups is 1. The Balaban J connectivity index is 1.74. The lowest BCUT2D eigenvalue weighted by Gasteiger charge is -2.29. The van der Waals surface area contributed by atoms with Crippen LogP contribution in [-0.4, -0.2) is 48.1 Å². The normalized spacial score (nSPS) is 15.2. The van der Waals surface area contributed by atoms with Gasteiger partial charge in [0, 0.05) is 22.4 Å². The Labute approximate surface area is 244 Å². The van der Waals surface area contributed by atoms with Gasteiger partial charge >= 0.3 is 0 Å². The van der Waals surface area contributed by atoms with Crippen molar-refractivity contribution in [3.8, 4) is 22.8 Å². The number of nitrogens with one attached hydrogen (secondary N) is 1. The molecule has 212 valence electrons. The summed E-state index contributed by atoms with van der Waals surface area (Å²) in [5.41, 5.74) is 3.56. The second-order valence-electron chi connectivity index (χ2n) is 10.7. The molecule has 0 spiro atoms. The lowest BCUT2D eigenvalue weighted by Crippen LogP contribution is -2.41. The number of aromatic nitrogens is 2. The van der Waals surface area contributed by atoms with Crippen LogP contribution in [0.25, 0.3) is 11.3 Å². The number of nitrogens with zero attached hydrogens (tertiary/aromatic N) is 3. The molecule has 1 aromatic heterocycles. The van der Waals surface area contributed by atoms with Gasteiger partial charge in [-0.15, -0.1) is 11.8 Å². The zero-order valence-corrected chi connectivity index (χ0v) is 24.7.